The topological polar surface area (TPSA) is 143 Å². The first-order chi connectivity index (χ1) is 17.0. The van der Waals surface area contributed by atoms with Gasteiger partial charge in [0.2, 0.25) is 0 Å². The first-order valence-corrected chi connectivity index (χ1v) is 12.7. The molecule has 0 radical (unpaired) electrons. The molecule has 7 heteroatoms. The number of Topliss-reactive ketones (excluding diaryl/α,β-unsaturated/α-hetero) is 3. The summed E-state index contributed by atoms with van der Waals surface area (Å²) in [6, 6.07) is 11.7. The smallest absolute Gasteiger partial charge is 0.167 e. The van der Waals surface area contributed by atoms with Gasteiger partial charge in [0, 0.05) is 21.8 Å². The van der Waals surface area contributed by atoms with E-state index in [1.54, 1.807) is 6.07 Å². The number of phenolic OH excluding ortho intramolecular Hbond substituents is 1. The van der Waals surface area contributed by atoms with Crippen LogP contribution < -0.4 is 0 Å². The highest BCUT2D eigenvalue weighted by Crippen LogP contribution is 2.41. The zero-order valence-corrected chi connectivity index (χ0v) is 22.2. The molecule has 37 heavy (non-hydrogen) atoms. The lowest BCUT2D eigenvalue weighted by Gasteiger charge is -2.32. The van der Waals surface area contributed by atoms with E-state index in [2.05, 4.69) is 32.9 Å². The lowest BCUT2D eigenvalue weighted by Crippen LogP contribution is -2.32. The van der Waals surface area contributed by atoms with Crippen LogP contribution in [0.2, 0.25) is 0 Å². The Balaban J connectivity index is 0.00000481. The highest BCUT2D eigenvalue weighted by Gasteiger charge is 2.35. The minimum atomic E-state index is -0.758. The number of carbonyl (C=O) groups excluding carboxylic acids is 3. The second-order valence-corrected chi connectivity index (χ2v) is 11.2. The fourth-order valence-electron chi connectivity index (χ4n) is 5.44. The molecule has 2 aromatic rings. The molecular weight excluding hydrogens is 472 g/mol. The van der Waals surface area contributed by atoms with E-state index < -0.39 is 12.5 Å². The number of hydrogen-bond acceptors (Lipinski definition) is 6. The zero-order chi connectivity index (χ0) is 26.6. The van der Waals surface area contributed by atoms with Crippen molar-refractivity contribution in [1.82, 2.24) is 0 Å². The van der Waals surface area contributed by atoms with Gasteiger partial charge in [0.25, 0.3) is 0 Å². The van der Waals surface area contributed by atoms with Gasteiger partial charge in [-0.1, -0.05) is 51.1 Å². The number of aliphatic hydroxyl groups is 2. The molecule has 2 aromatic carbocycles. The van der Waals surface area contributed by atoms with Crippen molar-refractivity contribution in [1.29, 1.82) is 0 Å². The molecule has 0 saturated heterocycles. The second-order valence-electron chi connectivity index (χ2n) is 11.2. The van der Waals surface area contributed by atoms with Gasteiger partial charge in [0.15, 0.2) is 5.78 Å². The van der Waals surface area contributed by atoms with Crippen LogP contribution in [-0.2, 0) is 21.4 Å². The lowest BCUT2D eigenvalue weighted by atomic mass is 9.72. The summed E-state index contributed by atoms with van der Waals surface area (Å²) in [6.07, 6.45) is 1.26. The molecule has 1 aliphatic carbocycles. The molecule has 0 fully saturated rings. The first kappa shape index (κ1) is 30.4. The van der Waals surface area contributed by atoms with Crippen LogP contribution in [0.5, 0.6) is 5.75 Å². The lowest BCUT2D eigenvalue weighted by molar-refractivity contribution is -0.131. The van der Waals surface area contributed by atoms with Crippen molar-refractivity contribution in [3.63, 3.8) is 0 Å². The number of benzene rings is 2. The largest absolute Gasteiger partial charge is 0.507 e. The fraction of sp³-hybridized carbons (Fsp3) is 0.500. The monoisotopic (exact) mass is 516 g/mol. The summed E-state index contributed by atoms with van der Waals surface area (Å²) >= 11 is 0. The third-order valence-electron chi connectivity index (χ3n) is 7.34. The number of rotatable bonds is 10. The Hall–Kier alpha value is -2.87. The standard InChI is InChI=1S/C30H38O6.H2O.2H2/c1-18(33)13-27(35)25(17-32)21(11-12-31)14-19-15-24-23(9-10-26(34)29(24)28(36)16-19)20-5-7-22(8-6-20)30(2,3)4;;;/h5-10,19,21,25,31-32,34H,11-17H2,1-4H3;1H2;2*1H. The van der Waals surface area contributed by atoms with Crippen LogP contribution in [0.4, 0.5) is 0 Å². The molecular formula is C30H44O7. The van der Waals surface area contributed by atoms with Gasteiger partial charge < -0.3 is 20.8 Å². The minimum Gasteiger partial charge on any atom is -0.507 e. The van der Waals surface area contributed by atoms with E-state index in [0.29, 0.717) is 24.8 Å². The Morgan fingerprint density at radius 1 is 1.05 bits per heavy atom. The molecule has 0 amide bonds. The highest BCUT2D eigenvalue weighted by molar-refractivity contribution is 6.03. The maximum Gasteiger partial charge on any atom is 0.167 e. The molecule has 0 saturated carbocycles. The highest BCUT2D eigenvalue weighted by atomic mass is 16.3. The maximum atomic E-state index is 13.2. The molecule has 3 unspecified atom stereocenters. The van der Waals surface area contributed by atoms with Gasteiger partial charge in [-0.25, -0.2) is 0 Å². The van der Waals surface area contributed by atoms with E-state index in [0.717, 1.165) is 16.7 Å². The van der Waals surface area contributed by atoms with Gasteiger partial charge in [-0.2, -0.15) is 0 Å². The van der Waals surface area contributed by atoms with E-state index in [1.807, 2.05) is 18.2 Å². The summed E-state index contributed by atoms with van der Waals surface area (Å²) in [5.74, 6) is -1.99. The van der Waals surface area contributed by atoms with Crippen LogP contribution in [0, 0.1) is 17.8 Å². The van der Waals surface area contributed by atoms with Gasteiger partial charge in [0.05, 0.1) is 18.6 Å². The number of fused-ring (bicyclic) bond motifs is 1. The van der Waals surface area contributed by atoms with Crippen LogP contribution in [0.25, 0.3) is 11.1 Å². The molecule has 5 N–H and O–H groups in total. The molecule has 3 atom stereocenters. The number of hydrogen-bond donors (Lipinski definition) is 3. The van der Waals surface area contributed by atoms with Crippen LogP contribution in [0.15, 0.2) is 36.4 Å². The summed E-state index contributed by atoms with van der Waals surface area (Å²) in [6.45, 7) is 7.23. The number of ketones is 3. The van der Waals surface area contributed by atoms with E-state index >= 15 is 0 Å². The Morgan fingerprint density at radius 3 is 2.24 bits per heavy atom. The number of carbonyl (C=O) groups is 3. The van der Waals surface area contributed by atoms with E-state index in [1.165, 1.54) is 12.5 Å². The van der Waals surface area contributed by atoms with Crippen LogP contribution in [0.3, 0.4) is 0 Å². The normalized spacial score (nSPS) is 16.9. The van der Waals surface area contributed by atoms with Gasteiger partial charge in [-0.05, 0) is 71.8 Å². The van der Waals surface area contributed by atoms with Crippen molar-refractivity contribution >= 4 is 17.3 Å². The van der Waals surface area contributed by atoms with Crippen molar-refractivity contribution in [3.05, 3.63) is 53.1 Å². The van der Waals surface area contributed by atoms with Gasteiger partial charge in [-0.3, -0.25) is 14.4 Å². The van der Waals surface area contributed by atoms with Gasteiger partial charge in [0.1, 0.15) is 17.3 Å². The third-order valence-corrected chi connectivity index (χ3v) is 7.34. The number of aliphatic hydroxyl groups excluding tert-OH is 2. The van der Waals surface area contributed by atoms with Crippen molar-refractivity contribution in [2.75, 3.05) is 13.2 Å². The molecule has 3 rings (SSSR count). The third kappa shape index (κ3) is 7.12. The number of aromatic hydroxyl groups is 1. The molecule has 0 aromatic heterocycles. The summed E-state index contributed by atoms with van der Waals surface area (Å²) < 4.78 is 0. The molecule has 7 nitrogen and oxygen atoms in total. The van der Waals surface area contributed by atoms with Crippen molar-refractivity contribution in [2.45, 2.75) is 65.2 Å². The molecule has 0 bridgehead atoms. The quantitative estimate of drug-likeness (QED) is 0.401. The van der Waals surface area contributed by atoms with Crippen molar-refractivity contribution < 1.29 is 38.0 Å². The van der Waals surface area contributed by atoms with Gasteiger partial charge in [-0.15, -0.1) is 0 Å². The molecule has 0 aliphatic heterocycles. The molecule has 0 spiro atoms. The summed E-state index contributed by atoms with van der Waals surface area (Å²) in [5.41, 5.74) is 4.21. The Morgan fingerprint density at radius 2 is 1.70 bits per heavy atom. The average molecular weight is 517 g/mol. The van der Waals surface area contributed by atoms with Crippen LogP contribution in [-0.4, -0.2) is 51.4 Å². The van der Waals surface area contributed by atoms with Crippen LogP contribution in [0.1, 0.15) is 77.7 Å². The minimum absolute atomic E-state index is 0. The Kier molecular flexibility index (Phi) is 10.3. The zero-order valence-electron chi connectivity index (χ0n) is 22.2. The molecule has 0 heterocycles. The first-order valence-electron chi connectivity index (χ1n) is 12.7. The summed E-state index contributed by atoms with van der Waals surface area (Å²) in [7, 11) is 0. The maximum absolute atomic E-state index is 13.2. The molecule has 1 aliphatic rings. The van der Waals surface area contributed by atoms with Crippen molar-refractivity contribution in [3.8, 4) is 16.9 Å². The fourth-order valence-corrected chi connectivity index (χ4v) is 5.44. The second kappa shape index (κ2) is 12.6. The summed E-state index contributed by atoms with van der Waals surface area (Å²) in [5, 5.41) is 30.1. The predicted octanol–water partition coefficient (Wildman–Crippen LogP) is 4.31. The molecule has 206 valence electrons. The number of phenols is 1. The predicted molar refractivity (Wildman–Crippen MR) is 147 cm³/mol. The summed E-state index contributed by atoms with van der Waals surface area (Å²) in [4.78, 5) is 37.3. The van der Waals surface area contributed by atoms with Gasteiger partial charge >= 0.3 is 0 Å². The van der Waals surface area contributed by atoms with Crippen LogP contribution >= 0.6 is 0 Å². The average Bonchev–Trinajstić information content (AvgIpc) is 2.78. The van der Waals surface area contributed by atoms with E-state index in [9.17, 15) is 29.7 Å². The Bertz CT molecular complexity index is 1120. The van der Waals surface area contributed by atoms with E-state index in [4.69, 9.17) is 0 Å². The van der Waals surface area contributed by atoms with Crippen molar-refractivity contribution in [2.24, 2.45) is 17.8 Å². The SMILES string of the molecule is CC(=O)CC(=O)C(CO)C(CCO)CC1CC(=O)c2c(O)ccc(-c3ccc(C(C)(C)C)cc3)c2C1.O.[HH].[HH]. The van der Waals surface area contributed by atoms with E-state index in [-0.39, 0.29) is 68.1 Å². The Labute approximate surface area is 221 Å².